The zero-order chi connectivity index (χ0) is 13.9. The lowest BCUT2D eigenvalue weighted by Crippen LogP contribution is -2.39. The van der Waals surface area contributed by atoms with Crippen LogP contribution in [0.25, 0.3) is 0 Å². The Morgan fingerprint density at radius 1 is 1.35 bits per heavy atom. The first-order chi connectivity index (χ1) is 9.79. The van der Waals surface area contributed by atoms with E-state index in [1.807, 2.05) is 18.2 Å². The summed E-state index contributed by atoms with van der Waals surface area (Å²) in [5.74, 6) is 0. The Labute approximate surface area is 122 Å². The lowest BCUT2D eigenvalue weighted by atomic mass is 9.92. The van der Waals surface area contributed by atoms with E-state index < -0.39 is 0 Å². The molecule has 1 unspecified atom stereocenters. The second-order valence-corrected chi connectivity index (χ2v) is 5.92. The van der Waals surface area contributed by atoms with E-state index in [1.165, 1.54) is 10.4 Å². The number of fused-ring (bicyclic) bond motifs is 1. The van der Waals surface area contributed by atoms with E-state index in [0.29, 0.717) is 0 Å². The van der Waals surface area contributed by atoms with Crippen molar-refractivity contribution in [2.75, 3.05) is 0 Å². The number of carbonyl (C=O) groups is 1. The first kappa shape index (κ1) is 13.1. The normalized spacial score (nSPS) is 19.6. The molecule has 1 amide bonds. The van der Waals surface area contributed by atoms with E-state index in [-0.39, 0.29) is 6.04 Å². The first-order valence-electron chi connectivity index (χ1n) is 6.70. The quantitative estimate of drug-likeness (QED) is 0.864. The Morgan fingerprint density at radius 2 is 2.20 bits per heavy atom. The number of benzene rings is 1. The van der Waals surface area contributed by atoms with E-state index >= 15 is 0 Å². The number of nitrogens with one attached hydrogen (secondary N) is 1. The van der Waals surface area contributed by atoms with Crippen molar-refractivity contribution in [3.05, 3.63) is 51.7 Å². The van der Waals surface area contributed by atoms with Crippen molar-refractivity contribution in [3.63, 3.8) is 0 Å². The third-order valence-corrected chi connectivity index (χ3v) is 4.62. The van der Waals surface area contributed by atoms with Gasteiger partial charge in [-0.25, -0.2) is 0 Å². The zero-order valence-corrected chi connectivity index (χ0v) is 12.1. The highest BCUT2D eigenvalue weighted by Crippen LogP contribution is 2.29. The van der Waals surface area contributed by atoms with Crippen molar-refractivity contribution in [2.45, 2.75) is 25.8 Å². The molecule has 0 saturated heterocycles. The molecule has 102 valence electrons. The van der Waals surface area contributed by atoms with Crippen molar-refractivity contribution in [3.8, 4) is 0 Å². The monoisotopic (exact) mass is 284 g/mol. The van der Waals surface area contributed by atoms with E-state index in [4.69, 9.17) is 4.99 Å². The van der Waals surface area contributed by atoms with Crippen molar-refractivity contribution in [1.82, 2.24) is 5.32 Å². The largest absolute Gasteiger partial charge is 0.350 e. The third-order valence-electron chi connectivity index (χ3n) is 3.64. The molecular formula is C16H16N2OS. The van der Waals surface area contributed by atoms with Gasteiger partial charge < -0.3 is 5.32 Å². The molecule has 4 heteroatoms. The Kier molecular flexibility index (Phi) is 3.65. The highest BCUT2D eigenvalue weighted by Gasteiger charge is 2.26. The molecule has 3 rings (SSSR count). The zero-order valence-electron chi connectivity index (χ0n) is 11.3. The van der Waals surface area contributed by atoms with E-state index in [2.05, 4.69) is 29.8 Å². The first-order valence-corrected chi connectivity index (χ1v) is 7.58. The van der Waals surface area contributed by atoms with Crippen molar-refractivity contribution in [1.29, 1.82) is 0 Å². The van der Waals surface area contributed by atoms with Gasteiger partial charge in [-0.15, -0.1) is 11.3 Å². The minimum Gasteiger partial charge on any atom is -0.350 e. The van der Waals surface area contributed by atoms with Gasteiger partial charge in [-0.05, 0) is 42.8 Å². The van der Waals surface area contributed by atoms with Crippen LogP contribution < -0.4 is 5.32 Å². The molecule has 0 spiro atoms. The second kappa shape index (κ2) is 5.59. The maximum atomic E-state index is 10.8. The van der Waals surface area contributed by atoms with Gasteiger partial charge in [0.25, 0.3) is 0 Å². The van der Waals surface area contributed by atoms with Crippen LogP contribution in [0, 0.1) is 6.92 Å². The SMILES string of the molecule is Cc1ccccc1N=C1c2ccsc2CCC1NC=O. The second-order valence-electron chi connectivity index (χ2n) is 4.92. The predicted octanol–water partition coefficient (Wildman–Crippen LogP) is 3.24. The number of nitrogens with zero attached hydrogens (tertiary/aromatic N) is 1. The summed E-state index contributed by atoms with van der Waals surface area (Å²) in [5.41, 5.74) is 4.28. The van der Waals surface area contributed by atoms with Crippen LogP contribution >= 0.6 is 11.3 Å². The highest BCUT2D eigenvalue weighted by molar-refractivity contribution is 7.10. The molecule has 3 nitrogen and oxygen atoms in total. The average Bonchev–Trinajstić information content (AvgIpc) is 2.92. The molecule has 1 N–H and O–H groups in total. The van der Waals surface area contributed by atoms with Crippen molar-refractivity contribution >= 4 is 29.1 Å². The van der Waals surface area contributed by atoms with Crippen molar-refractivity contribution in [2.24, 2.45) is 4.99 Å². The Morgan fingerprint density at radius 3 is 3.00 bits per heavy atom. The summed E-state index contributed by atoms with van der Waals surface area (Å²) in [5, 5.41) is 5.00. The number of thiophene rings is 1. The third kappa shape index (κ3) is 2.39. The summed E-state index contributed by atoms with van der Waals surface area (Å²) in [6.07, 6.45) is 2.69. The molecule has 0 bridgehead atoms. The molecule has 1 aliphatic carbocycles. The summed E-state index contributed by atoms with van der Waals surface area (Å²) < 4.78 is 0. The van der Waals surface area contributed by atoms with Crippen LogP contribution in [0.15, 0.2) is 40.7 Å². The van der Waals surface area contributed by atoms with Crippen LogP contribution in [-0.4, -0.2) is 18.2 Å². The van der Waals surface area contributed by atoms with Gasteiger partial charge in [0.2, 0.25) is 6.41 Å². The number of aliphatic imine (C=N–C) groups is 1. The van der Waals surface area contributed by atoms with Gasteiger partial charge in [0, 0.05) is 10.4 Å². The predicted molar refractivity (Wildman–Crippen MR) is 83.0 cm³/mol. The Hall–Kier alpha value is -1.94. The van der Waals surface area contributed by atoms with Crippen LogP contribution in [0.3, 0.4) is 0 Å². The number of rotatable bonds is 3. The maximum absolute atomic E-state index is 10.8. The molecule has 1 atom stereocenters. The number of carbonyl (C=O) groups excluding carboxylic acids is 1. The van der Waals surface area contributed by atoms with Gasteiger partial charge in [-0.2, -0.15) is 0 Å². The number of hydrogen-bond acceptors (Lipinski definition) is 3. The summed E-state index contributed by atoms with van der Waals surface area (Å²) in [4.78, 5) is 17.0. The Bertz CT molecular complexity index is 660. The fourth-order valence-corrected chi connectivity index (χ4v) is 3.47. The number of aryl methyl sites for hydroxylation is 2. The van der Waals surface area contributed by atoms with Gasteiger partial charge in [0.1, 0.15) is 0 Å². The Balaban J connectivity index is 2.08. The average molecular weight is 284 g/mol. The van der Waals surface area contributed by atoms with Gasteiger partial charge >= 0.3 is 0 Å². The molecule has 0 fully saturated rings. The maximum Gasteiger partial charge on any atom is 0.207 e. The number of amides is 1. The molecule has 2 aromatic rings. The number of hydrogen-bond donors (Lipinski definition) is 1. The van der Waals surface area contributed by atoms with E-state index in [9.17, 15) is 4.79 Å². The van der Waals surface area contributed by atoms with Gasteiger partial charge in [-0.3, -0.25) is 9.79 Å². The lowest BCUT2D eigenvalue weighted by Gasteiger charge is -2.24. The smallest absolute Gasteiger partial charge is 0.207 e. The van der Waals surface area contributed by atoms with Crippen LogP contribution in [0.4, 0.5) is 5.69 Å². The summed E-state index contributed by atoms with van der Waals surface area (Å²) in [6, 6.07) is 10.2. The molecule has 1 aromatic heterocycles. The minimum absolute atomic E-state index is 0.00852. The van der Waals surface area contributed by atoms with Gasteiger partial charge in [0.15, 0.2) is 0 Å². The van der Waals surface area contributed by atoms with E-state index in [0.717, 1.165) is 36.2 Å². The van der Waals surface area contributed by atoms with Gasteiger partial charge in [-0.1, -0.05) is 18.2 Å². The van der Waals surface area contributed by atoms with Gasteiger partial charge in [0.05, 0.1) is 17.4 Å². The molecule has 0 radical (unpaired) electrons. The van der Waals surface area contributed by atoms with Crippen LogP contribution in [0.1, 0.15) is 22.4 Å². The highest BCUT2D eigenvalue weighted by atomic mass is 32.1. The molecule has 1 heterocycles. The molecular weight excluding hydrogens is 268 g/mol. The molecule has 20 heavy (non-hydrogen) atoms. The molecule has 1 aromatic carbocycles. The van der Waals surface area contributed by atoms with Crippen LogP contribution in [0.2, 0.25) is 0 Å². The lowest BCUT2D eigenvalue weighted by molar-refractivity contribution is -0.109. The molecule has 0 saturated carbocycles. The molecule has 0 aliphatic heterocycles. The number of para-hydroxylation sites is 1. The standard InChI is InChI=1S/C16H16N2OS/c1-11-4-2-3-5-13(11)18-16-12-8-9-20-15(12)7-6-14(16)17-10-19/h2-5,8-10,14H,6-7H2,1H3,(H,17,19). The summed E-state index contributed by atoms with van der Waals surface area (Å²) in [6.45, 7) is 2.05. The van der Waals surface area contributed by atoms with E-state index in [1.54, 1.807) is 11.3 Å². The van der Waals surface area contributed by atoms with Crippen LogP contribution in [0.5, 0.6) is 0 Å². The topological polar surface area (TPSA) is 41.5 Å². The molecule has 1 aliphatic rings. The fourth-order valence-electron chi connectivity index (χ4n) is 2.56. The van der Waals surface area contributed by atoms with Crippen molar-refractivity contribution < 1.29 is 4.79 Å². The minimum atomic E-state index is 0.00852. The summed E-state index contributed by atoms with van der Waals surface area (Å²) in [7, 11) is 0. The fraction of sp³-hybridized carbons (Fsp3) is 0.250. The van der Waals surface area contributed by atoms with Crippen LogP contribution in [-0.2, 0) is 11.2 Å². The summed E-state index contributed by atoms with van der Waals surface area (Å²) >= 11 is 1.77.